The van der Waals surface area contributed by atoms with E-state index in [2.05, 4.69) is 15.5 Å². The molecule has 1 aliphatic heterocycles. The molecule has 3 aromatic rings. The van der Waals surface area contributed by atoms with Gasteiger partial charge in [-0.1, -0.05) is 23.9 Å². The van der Waals surface area contributed by atoms with Gasteiger partial charge in [-0.2, -0.15) is 0 Å². The number of anilines is 1. The number of aromatic nitrogens is 4. The molecule has 0 aliphatic carbocycles. The molecule has 0 atom stereocenters. The fourth-order valence-corrected chi connectivity index (χ4v) is 4.04. The van der Waals surface area contributed by atoms with Gasteiger partial charge in [-0.15, -0.1) is 5.10 Å². The normalized spacial score (nSPS) is 13.6. The molecule has 154 valence electrons. The molecule has 1 aromatic heterocycles. The van der Waals surface area contributed by atoms with Crippen LogP contribution in [-0.4, -0.2) is 51.3 Å². The van der Waals surface area contributed by atoms with E-state index >= 15 is 0 Å². The van der Waals surface area contributed by atoms with E-state index in [1.165, 1.54) is 11.8 Å². The first kappa shape index (κ1) is 20.1. The van der Waals surface area contributed by atoms with E-state index < -0.39 is 0 Å². The summed E-state index contributed by atoms with van der Waals surface area (Å²) in [4.78, 5) is 26.2. The third-order valence-corrected chi connectivity index (χ3v) is 5.85. The highest BCUT2D eigenvalue weighted by atomic mass is 32.2. The van der Waals surface area contributed by atoms with Crippen LogP contribution < -0.4 is 9.64 Å². The number of ketones is 1. The predicted octanol–water partition coefficient (Wildman–Crippen LogP) is 2.83. The smallest absolute Gasteiger partial charge is 0.227 e. The molecule has 0 radical (unpaired) electrons. The molecule has 9 heteroatoms. The molecule has 1 aliphatic rings. The van der Waals surface area contributed by atoms with Crippen molar-refractivity contribution in [1.29, 1.82) is 0 Å². The van der Waals surface area contributed by atoms with Gasteiger partial charge in [0.1, 0.15) is 5.75 Å². The molecule has 30 heavy (non-hydrogen) atoms. The van der Waals surface area contributed by atoms with E-state index in [0.29, 0.717) is 23.7 Å². The molecule has 1 amide bonds. The van der Waals surface area contributed by atoms with Crippen molar-refractivity contribution in [2.24, 2.45) is 0 Å². The molecule has 0 spiro atoms. The van der Waals surface area contributed by atoms with Crippen molar-refractivity contribution in [2.45, 2.75) is 24.5 Å². The molecular weight excluding hydrogens is 402 g/mol. The van der Waals surface area contributed by atoms with Crippen LogP contribution in [-0.2, 0) is 11.3 Å². The second kappa shape index (κ2) is 9.08. The lowest BCUT2D eigenvalue weighted by Crippen LogP contribution is -2.23. The minimum Gasteiger partial charge on any atom is -0.497 e. The molecular formula is C21H21N5O3S. The number of amides is 1. The number of methoxy groups -OCH3 is 1. The Morgan fingerprint density at radius 3 is 2.57 bits per heavy atom. The number of benzene rings is 2. The maximum atomic E-state index is 12.6. The number of rotatable bonds is 8. The van der Waals surface area contributed by atoms with Crippen LogP contribution in [0.25, 0.3) is 0 Å². The lowest BCUT2D eigenvalue weighted by Gasteiger charge is -2.15. The average Bonchev–Trinajstić information content (AvgIpc) is 3.41. The third kappa shape index (κ3) is 4.51. The maximum Gasteiger partial charge on any atom is 0.227 e. The van der Waals surface area contributed by atoms with Crippen molar-refractivity contribution in [3.05, 3.63) is 59.7 Å². The van der Waals surface area contributed by atoms with Gasteiger partial charge in [0.25, 0.3) is 0 Å². The summed E-state index contributed by atoms with van der Waals surface area (Å²) in [7, 11) is 1.63. The molecule has 8 nitrogen and oxygen atoms in total. The third-order valence-electron chi connectivity index (χ3n) is 4.90. The summed E-state index contributed by atoms with van der Waals surface area (Å²) < 4.78 is 6.84. The first-order chi connectivity index (χ1) is 14.6. The van der Waals surface area contributed by atoms with Crippen molar-refractivity contribution in [3.63, 3.8) is 0 Å². The first-order valence-corrected chi connectivity index (χ1v) is 10.6. The van der Waals surface area contributed by atoms with Gasteiger partial charge in [0.15, 0.2) is 5.78 Å². The van der Waals surface area contributed by atoms with Crippen LogP contribution in [0.1, 0.15) is 28.8 Å². The van der Waals surface area contributed by atoms with Crippen molar-refractivity contribution in [3.8, 4) is 5.75 Å². The molecule has 0 saturated carbocycles. The summed E-state index contributed by atoms with van der Waals surface area (Å²) >= 11 is 1.30. The average molecular weight is 423 g/mol. The number of nitrogens with zero attached hydrogens (tertiary/aromatic N) is 5. The van der Waals surface area contributed by atoms with E-state index in [1.807, 2.05) is 36.4 Å². The number of hydrogen-bond acceptors (Lipinski definition) is 7. The van der Waals surface area contributed by atoms with Crippen molar-refractivity contribution in [2.75, 3.05) is 24.3 Å². The molecule has 0 unspecified atom stereocenters. The summed E-state index contributed by atoms with van der Waals surface area (Å²) in [5, 5.41) is 12.4. The highest BCUT2D eigenvalue weighted by Gasteiger charge is 2.21. The predicted molar refractivity (Wildman–Crippen MR) is 113 cm³/mol. The molecule has 2 aromatic carbocycles. The number of ether oxygens (including phenoxy) is 1. The van der Waals surface area contributed by atoms with Crippen LogP contribution in [0.3, 0.4) is 0 Å². The van der Waals surface area contributed by atoms with Crippen LogP contribution in [0.4, 0.5) is 5.69 Å². The van der Waals surface area contributed by atoms with Gasteiger partial charge in [0, 0.05) is 24.2 Å². The standard InChI is InChI=1S/C21H21N5O3S/c1-29-18-10-4-15(5-11-18)13-26-21(22-23-24-26)30-14-19(27)16-6-8-17(9-7-16)25-12-2-3-20(25)28/h4-11H,2-3,12-14H2,1H3. The summed E-state index contributed by atoms with van der Waals surface area (Å²) in [6.07, 6.45) is 1.46. The lowest BCUT2D eigenvalue weighted by molar-refractivity contribution is -0.117. The quantitative estimate of drug-likeness (QED) is 0.406. The Bertz CT molecular complexity index is 1030. The van der Waals surface area contributed by atoms with Gasteiger partial charge in [0.2, 0.25) is 11.1 Å². The fraction of sp³-hybridized carbons (Fsp3) is 0.286. The summed E-state index contributed by atoms with van der Waals surface area (Å²) in [5.74, 6) is 1.13. The highest BCUT2D eigenvalue weighted by Crippen LogP contribution is 2.23. The summed E-state index contributed by atoms with van der Waals surface area (Å²) in [6.45, 7) is 1.24. The van der Waals surface area contributed by atoms with E-state index in [-0.39, 0.29) is 17.4 Å². The fourth-order valence-electron chi connectivity index (χ4n) is 3.26. The first-order valence-electron chi connectivity index (χ1n) is 9.59. The second-order valence-corrected chi connectivity index (χ2v) is 7.82. The second-order valence-electron chi connectivity index (χ2n) is 6.87. The van der Waals surface area contributed by atoms with Crippen LogP contribution in [0.2, 0.25) is 0 Å². The molecule has 0 bridgehead atoms. The molecule has 0 N–H and O–H groups in total. The Kier molecular flexibility index (Phi) is 6.08. The minimum absolute atomic E-state index is 0.0155. The number of hydrogen-bond donors (Lipinski definition) is 0. The van der Waals surface area contributed by atoms with Crippen LogP contribution in [0.15, 0.2) is 53.7 Å². The van der Waals surface area contributed by atoms with E-state index in [1.54, 1.807) is 28.8 Å². The molecule has 1 fully saturated rings. The zero-order valence-corrected chi connectivity index (χ0v) is 17.3. The van der Waals surface area contributed by atoms with Crippen LogP contribution in [0, 0.1) is 0 Å². The maximum absolute atomic E-state index is 12.6. The summed E-state index contributed by atoms with van der Waals surface area (Å²) in [5.41, 5.74) is 2.47. The van der Waals surface area contributed by atoms with E-state index in [4.69, 9.17) is 4.74 Å². The van der Waals surface area contributed by atoms with Gasteiger partial charge in [0.05, 0.1) is 19.4 Å². The van der Waals surface area contributed by atoms with Gasteiger partial charge >= 0.3 is 0 Å². The van der Waals surface area contributed by atoms with E-state index in [9.17, 15) is 9.59 Å². The van der Waals surface area contributed by atoms with Gasteiger partial charge in [-0.25, -0.2) is 4.68 Å². The Labute approximate surface area is 178 Å². The number of carbonyl (C=O) groups excluding carboxylic acids is 2. The topological polar surface area (TPSA) is 90.2 Å². The largest absolute Gasteiger partial charge is 0.497 e. The van der Waals surface area contributed by atoms with E-state index in [0.717, 1.165) is 30.0 Å². The molecule has 2 heterocycles. The Morgan fingerprint density at radius 2 is 1.90 bits per heavy atom. The Balaban J connectivity index is 1.36. The molecule has 1 saturated heterocycles. The van der Waals surface area contributed by atoms with Crippen LogP contribution in [0.5, 0.6) is 5.75 Å². The summed E-state index contributed by atoms with van der Waals surface area (Å²) in [6, 6.07) is 14.9. The van der Waals surface area contributed by atoms with Gasteiger partial charge in [-0.3, -0.25) is 9.59 Å². The minimum atomic E-state index is -0.0155. The Morgan fingerprint density at radius 1 is 1.13 bits per heavy atom. The highest BCUT2D eigenvalue weighted by molar-refractivity contribution is 7.99. The Hall–Kier alpha value is -3.20. The number of carbonyl (C=O) groups is 2. The zero-order valence-electron chi connectivity index (χ0n) is 16.5. The van der Waals surface area contributed by atoms with Crippen molar-refractivity contribution < 1.29 is 14.3 Å². The van der Waals surface area contributed by atoms with Gasteiger partial charge < -0.3 is 9.64 Å². The monoisotopic (exact) mass is 423 g/mol. The lowest BCUT2D eigenvalue weighted by atomic mass is 10.1. The van der Waals surface area contributed by atoms with Gasteiger partial charge in [-0.05, 0) is 58.8 Å². The zero-order chi connectivity index (χ0) is 20.9. The van der Waals surface area contributed by atoms with Crippen molar-refractivity contribution in [1.82, 2.24) is 20.2 Å². The molecule has 4 rings (SSSR count). The SMILES string of the molecule is COc1ccc(Cn2nnnc2SCC(=O)c2ccc(N3CCCC3=O)cc2)cc1. The number of tetrazole rings is 1. The van der Waals surface area contributed by atoms with Crippen LogP contribution >= 0.6 is 11.8 Å². The number of Topliss-reactive ketones (excluding diaryl/α,β-unsaturated/α-hetero) is 1. The number of thioether (sulfide) groups is 1. The van der Waals surface area contributed by atoms with Crippen molar-refractivity contribution >= 4 is 29.1 Å².